The zero-order valence-electron chi connectivity index (χ0n) is 10.5. The van der Waals surface area contributed by atoms with Gasteiger partial charge in [-0.3, -0.25) is 4.79 Å². The maximum Gasteiger partial charge on any atom is 0.271 e. The van der Waals surface area contributed by atoms with Crippen LogP contribution >= 0.6 is 0 Å². The maximum absolute atomic E-state index is 12.0. The molecule has 0 aliphatic carbocycles. The van der Waals surface area contributed by atoms with E-state index in [0.29, 0.717) is 5.69 Å². The molecule has 0 aliphatic rings. The number of pyridine rings is 1. The highest BCUT2D eigenvalue weighted by atomic mass is 16.3. The summed E-state index contributed by atoms with van der Waals surface area (Å²) in [7, 11) is 0. The van der Waals surface area contributed by atoms with Gasteiger partial charge in [-0.25, -0.2) is 4.98 Å². The number of aromatic nitrogens is 2. The Labute approximate surface area is 105 Å². The van der Waals surface area contributed by atoms with Crippen molar-refractivity contribution in [2.24, 2.45) is 5.92 Å². The number of nitrogens with zero attached hydrogens (tertiary/aromatic N) is 2. The summed E-state index contributed by atoms with van der Waals surface area (Å²) in [6.45, 7) is 3.83. The lowest BCUT2D eigenvalue weighted by Gasteiger charge is -2.18. The van der Waals surface area contributed by atoms with Crippen LogP contribution in [-0.4, -0.2) is 33.0 Å². The van der Waals surface area contributed by atoms with Crippen LogP contribution in [0.5, 0.6) is 0 Å². The van der Waals surface area contributed by atoms with E-state index in [4.69, 9.17) is 0 Å². The van der Waals surface area contributed by atoms with Crippen LogP contribution in [0, 0.1) is 5.92 Å². The molecule has 0 aliphatic heterocycles. The van der Waals surface area contributed by atoms with Gasteiger partial charge in [-0.15, -0.1) is 0 Å². The molecular weight excluding hydrogens is 230 g/mol. The molecule has 1 amide bonds. The third-order valence-corrected chi connectivity index (χ3v) is 2.91. The second-order valence-electron chi connectivity index (χ2n) is 4.60. The Morgan fingerprint density at radius 3 is 2.89 bits per heavy atom. The molecule has 96 valence electrons. The van der Waals surface area contributed by atoms with Crippen LogP contribution in [0.15, 0.2) is 30.6 Å². The van der Waals surface area contributed by atoms with Crippen molar-refractivity contribution in [3.8, 4) is 0 Å². The first kappa shape index (κ1) is 12.6. The van der Waals surface area contributed by atoms with Gasteiger partial charge in [0.2, 0.25) is 0 Å². The van der Waals surface area contributed by atoms with Crippen molar-refractivity contribution in [1.82, 2.24) is 14.7 Å². The molecule has 2 rings (SSSR count). The number of hydrogen-bond donors (Lipinski definition) is 2. The normalized spacial score (nSPS) is 12.9. The lowest BCUT2D eigenvalue weighted by atomic mass is 10.1. The Kier molecular flexibility index (Phi) is 3.62. The zero-order chi connectivity index (χ0) is 13.1. The Morgan fingerprint density at radius 1 is 1.50 bits per heavy atom. The summed E-state index contributed by atoms with van der Waals surface area (Å²) in [6.07, 6.45) is 3.52. The van der Waals surface area contributed by atoms with E-state index < -0.39 is 0 Å². The number of carbonyl (C=O) groups is 1. The zero-order valence-corrected chi connectivity index (χ0v) is 10.5. The number of nitrogens with one attached hydrogen (secondary N) is 1. The largest absolute Gasteiger partial charge is 0.394 e. The van der Waals surface area contributed by atoms with Gasteiger partial charge in [-0.05, 0) is 18.1 Å². The standard InChI is InChI=1S/C13H17N3O2/c1-9(2)11(8-17)15-13(18)10-7-16-6-4-3-5-12(16)14-10/h3-7,9,11,17H,8H2,1-2H3,(H,15,18). The minimum atomic E-state index is -0.258. The molecule has 2 aromatic heterocycles. The molecule has 18 heavy (non-hydrogen) atoms. The van der Waals surface area contributed by atoms with Crippen LogP contribution in [0.3, 0.4) is 0 Å². The second kappa shape index (κ2) is 5.18. The predicted molar refractivity (Wildman–Crippen MR) is 68.4 cm³/mol. The number of aliphatic hydroxyl groups is 1. The van der Waals surface area contributed by atoms with E-state index in [1.54, 1.807) is 10.6 Å². The van der Waals surface area contributed by atoms with Gasteiger partial charge in [0, 0.05) is 12.4 Å². The van der Waals surface area contributed by atoms with E-state index in [-0.39, 0.29) is 24.5 Å². The molecule has 2 N–H and O–H groups in total. The van der Waals surface area contributed by atoms with Crippen LogP contribution in [0.2, 0.25) is 0 Å². The lowest BCUT2D eigenvalue weighted by molar-refractivity contribution is 0.0892. The van der Waals surface area contributed by atoms with Crippen molar-refractivity contribution in [2.45, 2.75) is 19.9 Å². The molecule has 1 atom stereocenters. The molecule has 2 aromatic rings. The van der Waals surface area contributed by atoms with E-state index in [2.05, 4.69) is 10.3 Å². The fraction of sp³-hybridized carbons (Fsp3) is 0.385. The lowest BCUT2D eigenvalue weighted by Crippen LogP contribution is -2.41. The van der Waals surface area contributed by atoms with Crippen molar-refractivity contribution in [3.05, 3.63) is 36.3 Å². The fourth-order valence-electron chi connectivity index (χ4n) is 1.71. The summed E-state index contributed by atoms with van der Waals surface area (Å²) in [5, 5.41) is 12.0. The van der Waals surface area contributed by atoms with Gasteiger partial charge >= 0.3 is 0 Å². The second-order valence-corrected chi connectivity index (χ2v) is 4.60. The number of fused-ring (bicyclic) bond motifs is 1. The molecule has 0 aromatic carbocycles. The predicted octanol–water partition coefficient (Wildman–Crippen LogP) is 1.08. The van der Waals surface area contributed by atoms with Gasteiger partial charge in [0.1, 0.15) is 11.3 Å². The summed E-state index contributed by atoms with van der Waals surface area (Å²) in [5.41, 5.74) is 1.09. The maximum atomic E-state index is 12.0. The van der Waals surface area contributed by atoms with Crippen LogP contribution in [0.1, 0.15) is 24.3 Å². The van der Waals surface area contributed by atoms with E-state index in [1.807, 2.05) is 38.2 Å². The molecule has 1 unspecified atom stereocenters. The molecule has 0 saturated heterocycles. The van der Waals surface area contributed by atoms with Gasteiger partial charge in [-0.1, -0.05) is 19.9 Å². The average molecular weight is 247 g/mol. The summed E-state index contributed by atoms with van der Waals surface area (Å²) in [6, 6.07) is 5.33. The van der Waals surface area contributed by atoms with E-state index in [9.17, 15) is 9.90 Å². The van der Waals surface area contributed by atoms with Gasteiger partial charge in [0.05, 0.1) is 12.6 Å². The Hall–Kier alpha value is -1.88. The van der Waals surface area contributed by atoms with Crippen LogP contribution in [0.4, 0.5) is 0 Å². The summed E-state index contributed by atoms with van der Waals surface area (Å²) >= 11 is 0. The monoisotopic (exact) mass is 247 g/mol. The first-order valence-corrected chi connectivity index (χ1v) is 5.97. The number of rotatable bonds is 4. The van der Waals surface area contributed by atoms with Crippen molar-refractivity contribution < 1.29 is 9.90 Å². The van der Waals surface area contributed by atoms with Gasteiger partial charge < -0.3 is 14.8 Å². The molecule has 0 saturated carbocycles. The Morgan fingerprint density at radius 2 is 2.28 bits per heavy atom. The van der Waals surface area contributed by atoms with Crippen LogP contribution < -0.4 is 5.32 Å². The molecule has 2 heterocycles. The Balaban J connectivity index is 2.18. The molecule has 0 fully saturated rings. The number of amides is 1. The molecule has 5 nitrogen and oxygen atoms in total. The van der Waals surface area contributed by atoms with Crippen molar-refractivity contribution in [1.29, 1.82) is 0 Å². The number of hydrogen-bond acceptors (Lipinski definition) is 3. The van der Waals surface area contributed by atoms with Crippen molar-refractivity contribution >= 4 is 11.6 Å². The van der Waals surface area contributed by atoms with Gasteiger partial charge in [0.15, 0.2) is 0 Å². The summed E-state index contributed by atoms with van der Waals surface area (Å²) < 4.78 is 1.79. The molecule has 0 radical (unpaired) electrons. The quantitative estimate of drug-likeness (QED) is 0.849. The highest BCUT2D eigenvalue weighted by Gasteiger charge is 2.18. The molecule has 0 spiro atoms. The van der Waals surface area contributed by atoms with Crippen LogP contribution in [0.25, 0.3) is 5.65 Å². The van der Waals surface area contributed by atoms with E-state index >= 15 is 0 Å². The third kappa shape index (κ3) is 2.51. The number of aliphatic hydroxyl groups excluding tert-OH is 1. The highest BCUT2D eigenvalue weighted by molar-refractivity contribution is 5.93. The minimum Gasteiger partial charge on any atom is -0.394 e. The summed E-state index contributed by atoms with van der Waals surface area (Å²) in [4.78, 5) is 16.2. The fourth-order valence-corrected chi connectivity index (χ4v) is 1.71. The minimum absolute atomic E-state index is 0.0726. The third-order valence-electron chi connectivity index (χ3n) is 2.91. The van der Waals surface area contributed by atoms with E-state index in [1.165, 1.54) is 0 Å². The highest BCUT2D eigenvalue weighted by Crippen LogP contribution is 2.06. The SMILES string of the molecule is CC(C)C(CO)NC(=O)c1cn2ccccc2n1. The number of carbonyl (C=O) groups excluding carboxylic acids is 1. The average Bonchev–Trinajstić information content (AvgIpc) is 2.79. The molecule has 0 bridgehead atoms. The van der Waals surface area contributed by atoms with Gasteiger partial charge in [0.25, 0.3) is 5.91 Å². The smallest absolute Gasteiger partial charge is 0.271 e. The van der Waals surface area contributed by atoms with Crippen molar-refractivity contribution in [2.75, 3.05) is 6.61 Å². The molecular formula is C13H17N3O2. The number of imidazole rings is 1. The van der Waals surface area contributed by atoms with Crippen LogP contribution in [-0.2, 0) is 0 Å². The van der Waals surface area contributed by atoms with E-state index in [0.717, 1.165) is 5.65 Å². The van der Waals surface area contributed by atoms with Crippen molar-refractivity contribution in [3.63, 3.8) is 0 Å². The summed E-state index contributed by atoms with van der Waals surface area (Å²) in [5.74, 6) is -0.0811. The first-order chi connectivity index (χ1) is 8.61. The van der Waals surface area contributed by atoms with Gasteiger partial charge in [-0.2, -0.15) is 0 Å². The topological polar surface area (TPSA) is 66.6 Å². The first-order valence-electron chi connectivity index (χ1n) is 5.97. The Bertz CT molecular complexity index is 515. The molecule has 5 heteroatoms.